The Kier molecular flexibility index (Phi) is 3.13. The van der Waals surface area contributed by atoms with Crippen LogP contribution in [-0.4, -0.2) is 10.2 Å². The van der Waals surface area contributed by atoms with Gasteiger partial charge in [-0.1, -0.05) is 23.7 Å². The van der Waals surface area contributed by atoms with Crippen molar-refractivity contribution < 1.29 is 17.6 Å². The van der Waals surface area contributed by atoms with Crippen molar-refractivity contribution in [2.24, 2.45) is 0 Å². The summed E-state index contributed by atoms with van der Waals surface area (Å²) in [6.45, 7) is 1.68. The monoisotopic (exact) mass is 312 g/mol. The molecule has 2 aromatic heterocycles. The molecule has 0 saturated heterocycles. The smallest absolute Gasteiger partial charge is 0.449 e. The first-order valence-corrected chi connectivity index (χ1v) is 6.34. The Balaban J connectivity index is 2.26. The fourth-order valence-electron chi connectivity index (χ4n) is 2.08. The summed E-state index contributed by atoms with van der Waals surface area (Å²) in [5, 5.41) is 8.16. The summed E-state index contributed by atoms with van der Waals surface area (Å²) in [5.74, 6) is -1.03. The predicted octanol–water partition coefficient (Wildman–Crippen LogP) is 4.87. The number of alkyl halides is 3. The van der Waals surface area contributed by atoms with Crippen molar-refractivity contribution in [3.8, 4) is 11.3 Å². The number of hydrogen-bond donors (Lipinski definition) is 0. The number of benzene rings is 1. The van der Waals surface area contributed by atoms with Gasteiger partial charge in [0.2, 0.25) is 5.76 Å². The van der Waals surface area contributed by atoms with Crippen LogP contribution in [0.5, 0.6) is 0 Å². The summed E-state index contributed by atoms with van der Waals surface area (Å²) in [4.78, 5) is 0. The second-order valence-electron chi connectivity index (χ2n) is 4.52. The Bertz CT molecular complexity index is 809. The van der Waals surface area contributed by atoms with Gasteiger partial charge in [-0.15, -0.1) is 10.2 Å². The maximum atomic E-state index is 12.8. The van der Waals surface area contributed by atoms with E-state index in [0.717, 1.165) is 6.07 Å². The van der Waals surface area contributed by atoms with Gasteiger partial charge in [-0.05, 0) is 30.7 Å². The lowest BCUT2D eigenvalue weighted by atomic mass is 10.0. The molecule has 0 bridgehead atoms. The highest BCUT2D eigenvalue weighted by Crippen LogP contribution is 2.38. The highest BCUT2D eigenvalue weighted by Gasteiger charge is 2.35. The van der Waals surface area contributed by atoms with Gasteiger partial charge in [-0.3, -0.25) is 0 Å². The van der Waals surface area contributed by atoms with Gasteiger partial charge in [0.1, 0.15) is 5.58 Å². The average Bonchev–Trinajstić information content (AvgIpc) is 2.86. The van der Waals surface area contributed by atoms with E-state index in [-0.39, 0.29) is 10.7 Å². The minimum Gasteiger partial charge on any atom is -0.451 e. The topological polar surface area (TPSA) is 38.9 Å². The lowest BCUT2D eigenvalue weighted by Gasteiger charge is -2.03. The van der Waals surface area contributed by atoms with Gasteiger partial charge in [0.05, 0.1) is 5.69 Å². The second kappa shape index (κ2) is 4.73. The molecule has 108 valence electrons. The number of fused-ring (bicyclic) bond motifs is 1. The Morgan fingerprint density at radius 2 is 1.86 bits per heavy atom. The van der Waals surface area contributed by atoms with Gasteiger partial charge >= 0.3 is 6.18 Å². The van der Waals surface area contributed by atoms with E-state index >= 15 is 0 Å². The average molecular weight is 313 g/mol. The van der Waals surface area contributed by atoms with Crippen molar-refractivity contribution in [3.05, 3.63) is 46.8 Å². The van der Waals surface area contributed by atoms with Crippen LogP contribution in [0.15, 0.2) is 34.7 Å². The van der Waals surface area contributed by atoms with Crippen LogP contribution < -0.4 is 0 Å². The minimum atomic E-state index is -4.53. The first kappa shape index (κ1) is 13.9. The maximum Gasteiger partial charge on any atom is 0.449 e. The zero-order valence-corrected chi connectivity index (χ0v) is 11.5. The quantitative estimate of drug-likeness (QED) is 0.643. The fourth-order valence-corrected chi connectivity index (χ4v) is 2.18. The van der Waals surface area contributed by atoms with Crippen molar-refractivity contribution in [2.45, 2.75) is 13.1 Å². The Hall–Kier alpha value is -2.08. The van der Waals surface area contributed by atoms with Crippen molar-refractivity contribution in [3.63, 3.8) is 0 Å². The van der Waals surface area contributed by atoms with E-state index in [1.54, 1.807) is 25.1 Å². The van der Waals surface area contributed by atoms with Crippen LogP contribution in [0.4, 0.5) is 13.2 Å². The third-order valence-corrected chi connectivity index (χ3v) is 3.27. The summed E-state index contributed by atoms with van der Waals surface area (Å²) >= 11 is 5.67. The van der Waals surface area contributed by atoms with Gasteiger partial charge < -0.3 is 4.42 Å². The lowest BCUT2D eigenvalue weighted by molar-refractivity contribution is -0.152. The third kappa shape index (κ3) is 2.47. The summed E-state index contributed by atoms with van der Waals surface area (Å²) in [6.07, 6.45) is -4.53. The summed E-state index contributed by atoms with van der Waals surface area (Å²) < 4.78 is 43.4. The highest BCUT2D eigenvalue weighted by atomic mass is 35.5. The normalized spacial score (nSPS) is 12.0. The molecule has 0 saturated carbocycles. The number of furan rings is 1. The van der Waals surface area contributed by atoms with E-state index in [2.05, 4.69) is 10.2 Å². The molecular weight excluding hydrogens is 305 g/mol. The van der Waals surface area contributed by atoms with Crippen LogP contribution in [-0.2, 0) is 6.18 Å². The van der Waals surface area contributed by atoms with Gasteiger partial charge in [0, 0.05) is 10.9 Å². The van der Waals surface area contributed by atoms with E-state index in [9.17, 15) is 13.2 Å². The predicted molar refractivity (Wildman–Crippen MR) is 72.0 cm³/mol. The molecule has 0 spiro atoms. The van der Waals surface area contributed by atoms with Crippen molar-refractivity contribution in [2.75, 3.05) is 0 Å². The van der Waals surface area contributed by atoms with E-state index in [1.807, 2.05) is 0 Å². The number of rotatable bonds is 1. The van der Waals surface area contributed by atoms with Gasteiger partial charge in [0.15, 0.2) is 5.15 Å². The summed E-state index contributed by atoms with van der Waals surface area (Å²) in [5.41, 5.74) is 1.75. The number of aryl methyl sites for hydroxylation is 1. The molecule has 0 radical (unpaired) electrons. The highest BCUT2D eigenvalue weighted by molar-refractivity contribution is 6.29. The molecule has 0 aliphatic carbocycles. The number of hydrogen-bond acceptors (Lipinski definition) is 3. The Labute approximate surface area is 122 Å². The molecule has 0 amide bonds. The fraction of sp³-hybridized carbons (Fsp3) is 0.143. The molecule has 0 N–H and O–H groups in total. The van der Waals surface area contributed by atoms with Gasteiger partial charge in [-0.2, -0.15) is 13.2 Å². The summed E-state index contributed by atoms with van der Waals surface area (Å²) in [6, 6.07) is 7.47. The summed E-state index contributed by atoms with van der Waals surface area (Å²) in [7, 11) is 0. The molecule has 0 aliphatic rings. The lowest BCUT2D eigenvalue weighted by Crippen LogP contribution is -2.01. The van der Waals surface area contributed by atoms with Crippen LogP contribution in [0.2, 0.25) is 5.15 Å². The van der Waals surface area contributed by atoms with E-state index in [0.29, 0.717) is 22.2 Å². The maximum absolute atomic E-state index is 12.8. The van der Waals surface area contributed by atoms with Crippen molar-refractivity contribution in [1.29, 1.82) is 0 Å². The first-order chi connectivity index (χ1) is 9.86. The molecule has 0 unspecified atom stereocenters. The SMILES string of the molecule is Cc1ccc(-c2ccc(Cl)nn2)c2cc(C(F)(F)F)oc12. The molecule has 3 aromatic rings. The molecule has 7 heteroatoms. The van der Waals surface area contributed by atoms with Crippen molar-refractivity contribution >= 4 is 22.6 Å². The van der Waals surface area contributed by atoms with Crippen LogP contribution in [0, 0.1) is 6.92 Å². The molecule has 0 aliphatic heterocycles. The first-order valence-electron chi connectivity index (χ1n) is 5.96. The molecular formula is C14H8ClF3N2O. The van der Waals surface area contributed by atoms with Crippen LogP contribution >= 0.6 is 11.6 Å². The molecule has 1 aromatic carbocycles. The molecule has 0 atom stereocenters. The van der Waals surface area contributed by atoms with Crippen LogP contribution in [0.25, 0.3) is 22.2 Å². The van der Waals surface area contributed by atoms with Crippen LogP contribution in [0.1, 0.15) is 11.3 Å². The minimum absolute atomic E-state index is 0.191. The standard InChI is InChI=1S/C14H8ClF3N2O/c1-7-2-3-8(10-4-5-12(15)20-19-10)9-6-11(14(16,17)18)21-13(7)9/h2-6H,1H3. The molecule has 3 nitrogen and oxygen atoms in total. The second-order valence-corrected chi connectivity index (χ2v) is 4.91. The molecule has 3 rings (SSSR count). The Morgan fingerprint density at radius 3 is 2.48 bits per heavy atom. The number of aromatic nitrogens is 2. The largest absolute Gasteiger partial charge is 0.451 e. The number of nitrogens with zero attached hydrogens (tertiary/aromatic N) is 2. The zero-order chi connectivity index (χ0) is 15.2. The molecule has 0 fully saturated rings. The van der Waals surface area contributed by atoms with Gasteiger partial charge in [-0.25, -0.2) is 0 Å². The molecule has 2 heterocycles. The van der Waals surface area contributed by atoms with Gasteiger partial charge in [0.25, 0.3) is 0 Å². The molecule has 21 heavy (non-hydrogen) atoms. The zero-order valence-electron chi connectivity index (χ0n) is 10.7. The van der Waals surface area contributed by atoms with E-state index < -0.39 is 11.9 Å². The Morgan fingerprint density at radius 1 is 1.10 bits per heavy atom. The third-order valence-electron chi connectivity index (χ3n) is 3.07. The van der Waals surface area contributed by atoms with Crippen LogP contribution in [0.3, 0.4) is 0 Å². The number of halogens is 4. The van der Waals surface area contributed by atoms with Crippen molar-refractivity contribution in [1.82, 2.24) is 10.2 Å². The van der Waals surface area contributed by atoms with E-state index in [4.69, 9.17) is 16.0 Å². The van der Waals surface area contributed by atoms with E-state index in [1.165, 1.54) is 6.07 Å².